The Kier molecular flexibility index (Phi) is 6.61. The molecule has 1 aliphatic carbocycles. The van der Waals surface area contributed by atoms with Gasteiger partial charge in [-0.05, 0) is 43.0 Å². The number of amides is 3. The smallest absolute Gasteiger partial charge is 0.319 e. The van der Waals surface area contributed by atoms with Crippen LogP contribution in [0, 0.1) is 6.92 Å². The fourth-order valence-corrected chi connectivity index (χ4v) is 5.04. The van der Waals surface area contributed by atoms with Crippen molar-refractivity contribution in [2.24, 2.45) is 0 Å². The molecule has 1 spiro atoms. The van der Waals surface area contributed by atoms with Gasteiger partial charge >= 0.3 is 6.03 Å². The molecule has 174 valence electrons. The summed E-state index contributed by atoms with van der Waals surface area (Å²) in [5, 5.41) is 10.0. The third kappa shape index (κ3) is 4.42. The number of carbonyl (C=O) groups excluding carboxylic acids is 2. The van der Waals surface area contributed by atoms with Gasteiger partial charge in [0.05, 0.1) is 16.2 Å². The lowest BCUT2D eigenvalue weighted by molar-refractivity contribution is 0.0925. The van der Waals surface area contributed by atoms with E-state index in [0.29, 0.717) is 22.8 Å². The Morgan fingerprint density at radius 2 is 1.94 bits per heavy atom. The molecular formula is C25H29ClN4O3. The molecule has 5 rings (SSSR count). The zero-order valence-corrected chi connectivity index (χ0v) is 19.9. The van der Waals surface area contributed by atoms with E-state index >= 15 is 0 Å². The first-order valence-electron chi connectivity index (χ1n) is 11.5. The highest BCUT2D eigenvalue weighted by Crippen LogP contribution is 2.48. The van der Waals surface area contributed by atoms with Crippen LogP contribution in [0.5, 0.6) is 0 Å². The van der Waals surface area contributed by atoms with Crippen molar-refractivity contribution in [1.82, 2.24) is 15.6 Å². The first-order chi connectivity index (χ1) is 15.9. The summed E-state index contributed by atoms with van der Waals surface area (Å²) in [7, 11) is 0. The lowest BCUT2D eigenvalue weighted by Gasteiger charge is -2.42. The second-order valence-corrected chi connectivity index (χ2v) is 8.82. The average molecular weight is 469 g/mol. The number of aryl methyl sites for hydroxylation is 1. The van der Waals surface area contributed by atoms with Gasteiger partial charge in [-0.3, -0.25) is 9.78 Å². The van der Waals surface area contributed by atoms with Gasteiger partial charge in [-0.2, -0.15) is 0 Å². The second-order valence-electron chi connectivity index (χ2n) is 8.41. The number of carbonyl (C=O) groups is 2. The van der Waals surface area contributed by atoms with E-state index in [1.54, 1.807) is 24.5 Å². The van der Waals surface area contributed by atoms with Crippen LogP contribution in [0.25, 0.3) is 11.0 Å². The van der Waals surface area contributed by atoms with E-state index in [-0.39, 0.29) is 17.7 Å². The number of rotatable bonds is 3. The van der Waals surface area contributed by atoms with E-state index in [0.717, 1.165) is 54.2 Å². The number of furan rings is 1. The highest BCUT2D eigenvalue weighted by atomic mass is 35.5. The van der Waals surface area contributed by atoms with Crippen molar-refractivity contribution in [3.05, 3.63) is 58.1 Å². The van der Waals surface area contributed by atoms with E-state index in [9.17, 15) is 9.59 Å². The maximum Gasteiger partial charge on any atom is 0.319 e. The third-order valence-corrected chi connectivity index (χ3v) is 6.44. The van der Waals surface area contributed by atoms with Gasteiger partial charge in [0.25, 0.3) is 5.91 Å². The minimum absolute atomic E-state index is 0.211. The number of nitrogens with zero attached hydrogens (tertiary/aromatic N) is 1. The number of aromatic nitrogens is 1. The summed E-state index contributed by atoms with van der Waals surface area (Å²) in [6, 6.07) is 5.16. The molecule has 2 aliphatic rings. The van der Waals surface area contributed by atoms with Crippen molar-refractivity contribution < 1.29 is 14.0 Å². The lowest BCUT2D eigenvalue weighted by atomic mass is 9.74. The molecule has 2 aromatic heterocycles. The molecule has 3 N–H and O–H groups in total. The summed E-state index contributed by atoms with van der Waals surface area (Å²) >= 11 is 6.54. The fraction of sp³-hybridized carbons (Fsp3) is 0.400. The Morgan fingerprint density at radius 3 is 2.67 bits per heavy atom. The third-order valence-electron chi connectivity index (χ3n) is 6.14. The van der Waals surface area contributed by atoms with Crippen LogP contribution < -0.4 is 16.0 Å². The van der Waals surface area contributed by atoms with Crippen molar-refractivity contribution in [2.45, 2.75) is 65.0 Å². The number of urea groups is 1. The number of fused-ring (bicyclic) bond motifs is 4. The van der Waals surface area contributed by atoms with Crippen molar-refractivity contribution in [3.63, 3.8) is 0 Å². The SMILES string of the molecule is CC.Cc1cncc(CNC(=O)c2cc3cc(Cl)c4c(c3o2)C2(CCCCC2)NC(=O)N4)c1. The molecule has 0 saturated heterocycles. The minimum atomic E-state index is -0.530. The van der Waals surface area contributed by atoms with E-state index < -0.39 is 5.54 Å². The molecule has 1 aromatic carbocycles. The van der Waals surface area contributed by atoms with Crippen LogP contribution in [0.1, 0.15) is 73.2 Å². The van der Waals surface area contributed by atoms with Gasteiger partial charge < -0.3 is 20.4 Å². The largest absolute Gasteiger partial charge is 0.450 e. The van der Waals surface area contributed by atoms with Crippen LogP contribution in [0.4, 0.5) is 10.5 Å². The Balaban J connectivity index is 0.00000126. The maximum atomic E-state index is 12.8. The summed E-state index contributed by atoms with van der Waals surface area (Å²) in [6.45, 7) is 6.31. The van der Waals surface area contributed by atoms with Crippen LogP contribution in [0.2, 0.25) is 5.02 Å². The number of anilines is 1. The van der Waals surface area contributed by atoms with Crippen molar-refractivity contribution >= 4 is 40.2 Å². The molecule has 8 heteroatoms. The Bertz CT molecular complexity index is 1200. The van der Waals surface area contributed by atoms with Crippen molar-refractivity contribution in [2.75, 3.05) is 5.32 Å². The quantitative estimate of drug-likeness (QED) is 0.436. The molecule has 3 heterocycles. The number of hydrogen-bond donors (Lipinski definition) is 3. The molecule has 7 nitrogen and oxygen atoms in total. The molecule has 3 amide bonds. The van der Waals surface area contributed by atoms with Gasteiger partial charge in [0.1, 0.15) is 5.58 Å². The van der Waals surface area contributed by atoms with Gasteiger partial charge in [-0.25, -0.2) is 4.79 Å². The van der Waals surface area contributed by atoms with Crippen LogP contribution in [0.3, 0.4) is 0 Å². The van der Waals surface area contributed by atoms with E-state index in [1.807, 2.05) is 26.8 Å². The second kappa shape index (κ2) is 9.43. The summed E-state index contributed by atoms with van der Waals surface area (Å²) in [6.07, 6.45) is 8.26. The highest BCUT2D eigenvalue weighted by Gasteiger charge is 2.43. The van der Waals surface area contributed by atoms with Crippen molar-refractivity contribution in [3.8, 4) is 0 Å². The van der Waals surface area contributed by atoms with E-state index in [2.05, 4.69) is 20.9 Å². The first kappa shape index (κ1) is 23.1. The van der Waals surface area contributed by atoms with Gasteiger partial charge in [-0.15, -0.1) is 0 Å². The van der Waals surface area contributed by atoms with E-state index in [4.69, 9.17) is 16.0 Å². The van der Waals surface area contributed by atoms with Crippen LogP contribution in [-0.2, 0) is 12.1 Å². The molecular weight excluding hydrogens is 440 g/mol. The van der Waals surface area contributed by atoms with Gasteiger partial charge in [-0.1, -0.05) is 50.8 Å². The average Bonchev–Trinajstić information content (AvgIpc) is 3.23. The summed E-state index contributed by atoms with van der Waals surface area (Å²) in [5.74, 6) is -0.101. The van der Waals surface area contributed by atoms with Gasteiger partial charge in [0, 0.05) is 29.9 Å². The Labute approximate surface area is 198 Å². The molecule has 1 fully saturated rings. The number of nitrogens with one attached hydrogen (secondary N) is 3. The minimum Gasteiger partial charge on any atom is -0.450 e. The van der Waals surface area contributed by atoms with Gasteiger partial charge in [0.15, 0.2) is 5.76 Å². The first-order valence-corrected chi connectivity index (χ1v) is 11.9. The molecule has 1 saturated carbocycles. The number of benzene rings is 1. The predicted molar refractivity (Wildman–Crippen MR) is 130 cm³/mol. The number of halogens is 1. The molecule has 3 aromatic rings. The van der Waals surface area contributed by atoms with Gasteiger partial charge in [0.2, 0.25) is 0 Å². The Morgan fingerprint density at radius 1 is 1.18 bits per heavy atom. The summed E-state index contributed by atoms with van der Waals surface area (Å²) in [4.78, 5) is 29.3. The number of pyridine rings is 1. The standard InChI is InChI=1S/C23H23ClN4O3.C2H6/c1-13-7-14(11-25-10-13)12-26-21(29)17-9-15-8-16(24)19-18(20(15)31-17)23(28-22(30)27-19)5-3-2-4-6-23;1-2/h7-11H,2-6,12H2,1H3,(H,26,29)(H2,27,28,30);1-2H3. The molecule has 1 aliphatic heterocycles. The topological polar surface area (TPSA) is 96.3 Å². The normalized spacial score (nSPS) is 16.3. The van der Waals surface area contributed by atoms with Crippen LogP contribution in [0.15, 0.2) is 35.0 Å². The van der Waals surface area contributed by atoms with Crippen LogP contribution >= 0.6 is 11.6 Å². The molecule has 33 heavy (non-hydrogen) atoms. The molecule has 0 radical (unpaired) electrons. The summed E-state index contributed by atoms with van der Waals surface area (Å²) in [5.41, 5.74) is 3.43. The molecule has 0 bridgehead atoms. The number of hydrogen-bond acceptors (Lipinski definition) is 4. The van der Waals surface area contributed by atoms with E-state index in [1.165, 1.54) is 0 Å². The predicted octanol–water partition coefficient (Wildman–Crippen LogP) is 6.04. The maximum absolute atomic E-state index is 12.8. The molecule has 0 unspecified atom stereocenters. The monoisotopic (exact) mass is 468 g/mol. The summed E-state index contributed by atoms with van der Waals surface area (Å²) < 4.78 is 6.08. The zero-order valence-electron chi connectivity index (χ0n) is 19.2. The Hall–Kier alpha value is -3.06. The molecule has 0 atom stereocenters. The van der Waals surface area contributed by atoms with Crippen LogP contribution in [-0.4, -0.2) is 16.9 Å². The zero-order chi connectivity index (χ0) is 23.6. The fourth-order valence-electron chi connectivity index (χ4n) is 4.78. The lowest BCUT2D eigenvalue weighted by Crippen LogP contribution is -2.52. The highest BCUT2D eigenvalue weighted by molar-refractivity contribution is 6.35. The van der Waals surface area contributed by atoms with Crippen molar-refractivity contribution in [1.29, 1.82) is 0 Å².